The average molecular weight is 168 g/mol. The van der Waals surface area contributed by atoms with Gasteiger partial charge in [0.05, 0.1) is 0 Å². The molecule has 0 unspecified atom stereocenters. The Hall–Kier alpha value is -1.32. The predicted molar refractivity (Wildman–Crippen MR) is 43.8 cm³/mol. The van der Waals surface area contributed by atoms with E-state index in [1.54, 1.807) is 23.9 Å². The quantitative estimate of drug-likeness (QED) is 0.637. The van der Waals surface area contributed by atoms with Crippen molar-refractivity contribution in [3.05, 3.63) is 12.4 Å². The van der Waals surface area contributed by atoms with Crippen LogP contribution < -0.4 is 4.74 Å². The number of hydrogen-bond donors (Lipinski definition) is 0. The summed E-state index contributed by atoms with van der Waals surface area (Å²) in [6, 6.07) is 0.379. The smallest absolute Gasteiger partial charge is 0.313 e. The summed E-state index contributed by atoms with van der Waals surface area (Å²) in [7, 11) is 0. The Bertz CT molecular complexity index is 268. The van der Waals surface area contributed by atoms with Gasteiger partial charge in [0.2, 0.25) is 0 Å². The lowest BCUT2D eigenvalue weighted by Crippen LogP contribution is -2.09. The van der Waals surface area contributed by atoms with Crippen molar-refractivity contribution in [3.8, 4) is 6.01 Å². The third kappa shape index (κ3) is 1.84. The fourth-order valence-corrected chi connectivity index (χ4v) is 0.815. The third-order valence-electron chi connectivity index (χ3n) is 1.51. The molecule has 66 valence electrons. The number of esters is 1. The maximum atomic E-state index is 10.9. The van der Waals surface area contributed by atoms with Crippen molar-refractivity contribution in [1.29, 1.82) is 0 Å². The molecule has 0 aliphatic heterocycles. The largest absolute Gasteiger partial charge is 0.392 e. The molecular weight excluding hydrogens is 156 g/mol. The molecule has 0 atom stereocenters. The zero-order valence-corrected chi connectivity index (χ0v) is 7.28. The molecule has 0 bridgehead atoms. The van der Waals surface area contributed by atoms with Gasteiger partial charge in [0.1, 0.15) is 0 Å². The summed E-state index contributed by atoms with van der Waals surface area (Å²) in [6.07, 6.45) is 3.76. The first-order valence-electron chi connectivity index (χ1n) is 3.99. The van der Waals surface area contributed by atoms with E-state index in [9.17, 15) is 4.79 Å². The molecule has 0 aliphatic rings. The molecule has 0 N–H and O–H groups in total. The number of ether oxygens (including phenoxy) is 1. The average Bonchev–Trinajstić information content (AvgIpc) is 2.51. The molecule has 1 aromatic rings. The first-order valence-corrected chi connectivity index (χ1v) is 3.99. The predicted octanol–water partition coefficient (Wildman–Crippen LogP) is 1.22. The lowest BCUT2D eigenvalue weighted by Gasteiger charge is -2.02. The van der Waals surface area contributed by atoms with Crippen LogP contribution >= 0.6 is 0 Å². The van der Waals surface area contributed by atoms with E-state index >= 15 is 0 Å². The van der Waals surface area contributed by atoms with Crippen molar-refractivity contribution >= 4 is 5.97 Å². The van der Waals surface area contributed by atoms with E-state index in [1.807, 2.05) is 6.92 Å². The summed E-state index contributed by atoms with van der Waals surface area (Å²) in [5, 5.41) is 0. The summed E-state index contributed by atoms with van der Waals surface area (Å²) in [4.78, 5) is 14.8. The van der Waals surface area contributed by atoms with Crippen LogP contribution in [-0.4, -0.2) is 15.5 Å². The minimum Gasteiger partial charge on any atom is -0.392 e. The van der Waals surface area contributed by atoms with Crippen LogP contribution in [0.3, 0.4) is 0 Å². The fourth-order valence-electron chi connectivity index (χ4n) is 0.815. The van der Waals surface area contributed by atoms with Gasteiger partial charge in [-0.3, -0.25) is 4.79 Å². The first-order chi connectivity index (χ1) is 5.77. The van der Waals surface area contributed by atoms with Gasteiger partial charge in [0.25, 0.3) is 0 Å². The van der Waals surface area contributed by atoms with E-state index in [4.69, 9.17) is 4.74 Å². The van der Waals surface area contributed by atoms with Crippen molar-refractivity contribution in [2.45, 2.75) is 26.8 Å². The Labute approximate surface area is 71.2 Å². The van der Waals surface area contributed by atoms with Crippen molar-refractivity contribution in [1.82, 2.24) is 9.55 Å². The van der Waals surface area contributed by atoms with E-state index < -0.39 is 0 Å². The van der Waals surface area contributed by atoms with Gasteiger partial charge in [-0.1, -0.05) is 6.92 Å². The molecule has 12 heavy (non-hydrogen) atoms. The van der Waals surface area contributed by atoms with Crippen molar-refractivity contribution in [3.63, 3.8) is 0 Å². The Balaban J connectivity index is 2.68. The highest BCUT2D eigenvalue weighted by atomic mass is 16.5. The minimum absolute atomic E-state index is 0.254. The normalized spacial score (nSPS) is 9.83. The number of aryl methyl sites for hydroxylation is 1. The van der Waals surface area contributed by atoms with E-state index in [2.05, 4.69) is 4.98 Å². The fraction of sp³-hybridized carbons (Fsp3) is 0.500. The van der Waals surface area contributed by atoms with Gasteiger partial charge in [0.15, 0.2) is 0 Å². The minimum atomic E-state index is -0.254. The Morgan fingerprint density at radius 2 is 2.42 bits per heavy atom. The molecular formula is C8H12N2O2. The van der Waals surface area contributed by atoms with E-state index in [0.29, 0.717) is 12.4 Å². The van der Waals surface area contributed by atoms with Gasteiger partial charge in [-0.2, -0.15) is 0 Å². The summed E-state index contributed by atoms with van der Waals surface area (Å²) in [5.74, 6) is -0.254. The van der Waals surface area contributed by atoms with Gasteiger partial charge >= 0.3 is 12.0 Å². The number of imidazole rings is 1. The SMILES string of the molecule is CCC(=O)Oc1nccn1CC. The molecule has 0 aliphatic carbocycles. The number of carbonyl (C=O) groups is 1. The molecule has 1 aromatic heterocycles. The van der Waals surface area contributed by atoms with E-state index in [-0.39, 0.29) is 5.97 Å². The van der Waals surface area contributed by atoms with Crippen LogP contribution in [0.5, 0.6) is 6.01 Å². The van der Waals surface area contributed by atoms with Crippen LogP contribution in [-0.2, 0) is 11.3 Å². The summed E-state index contributed by atoms with van der Waals surface area (Å²) in [6.45, 7) is 4.47. The number of carbonyl (C=O) groups excluding carboxylic acids is 1. The van der Waals surface area contributed by atoms with Crippen molar-refractivity contribution in [2.75, 3.05) is 0 Å². The molecule has 4 nitrogen and oxygen atoms in total. The summed E-state index contributed by atoms with van der Waals surface area (Å²) >= 11 is 0. The Morgan fingerprint density at radius 3 is 3.00 bits per heavy atom. The van der Waals surface area contributed by atoms with Crippen LogP contribution in [0.25, 0.3) is 0 Å². The van der Waals surface area contributed by atoms with Gasteiger partial charge in [-0.25, -0.2) is 4.98 Å². The zero-order valence-electron chi connectivity index (χ0n) is 7.28. The molecule has 0 amide bonds. The molecule has 0 aromatic carbocycles. The molecule has 1 heterocycles. The second-order valence-corrected chi connectivity index (χ2v) is 2.32. The third-order valence-corrected chi connectivity index (χ3v) is 1.51. The van der Waals surface area contributed by atoms with E-state index in [0.717, 1.165) is 6.54 Å². The van der Waals surface area contributed by atoms with Crippen molar-refractivity contribution < 1.29 is 9.53 Å². The molecule has 0 saturated carbocycles. The highest BCUT2D eigenvalue weighted by Gasteiger charge is 2.06. The zero-order chi connectivity index (χ0) is 8.97. The maximum absolute atomic E-state index is 10.9. The topological polar surface area (TPSA) is 44.1 Å². The lowest BCUT2D eigenvalue weighted by molar-refractivity contribution is -0.134. The molecule has 1 rings (SSSR count). The van der Waals surface area contributed by atoms with Crippen LogP contribution in [0, 0.1) is 0 Å². The summed E-state index contributed by atoms with van der Waals surface area (Å²) in [5.41, 5.74) is 0. The second-order valence-electron chi connectivity index (χ2n) is 2.32. The number of rotatable bonds is 3. The molecule has 0 fully saturated rings. The van der Waals surface area contributed by atoms with Crippen LogP contribution in [0.1, 0.15) is 20.3 Å². The molecule has 0 radical (unpaired) electrons. The maximum Gasteiger partial charge on any atom is 0.313 e. The lowest BCUT2D eigenvalue weighted by atomic mass is 10.5. The van der Waals surface area contributed by atoms with Gasteiger partial charge in [-0.15, -0.1) is 0 Å². The monoisotopic (exact) mass is 168 g/mol. The number of hydrogen-bond acceptors (Lipinski definition) is 3. The Morgan fingerprint density at radius 1 is 1.67 bits per heavy atom. The molecule has 0 spiro atoms. The molecule has 0 saturated heterocycles. The number of aromatic nitrogens is 2. The van der Waals surface area contributed by atoms with Crippen LogP contribution in [0.15, 0.2) is 12.4 Å². The molecule has 4 heteroatoms. The highest BCUT2D eigenvalue weighted by Crippen LogP contribution is 2.07. The highest BCUT2D eigenvalue weighted by molar-refractivity contribution is 5.71. The van der Waals surface area contributed by atoms with Crippen LogP contribution in [0.4, 0.5) is 0 Å². The van der Waals surface area contributed by atoms with Crippen LogP contribution in [0.2, 0.25) is 0 Å². The first kappa shape index (κ1) is 8.77. The van der Waals surface area contributed by atoms with E-state index in [1.165, 1.54) is 0 Å². The summed E-state index contributed by atoms with van der Waals surface area (Å²) < 4.78 is 6.71. The van der Waals surface area contributed by atoms with Gasteiger partial charge < -0.3 is 9.30 Å². The standard InChI is InChI=1S/C8H12N2O2/c1-3-7(11)12-8-9-5-6-10(8)4-2/h5-6H,3-4H2,1-2H3. The van der Waals surface area contributed by atoms with Gasteiger partial charge in [-0.05, 0) is 6.92 Å². The van der Waals surface area contributed by atoms with Gasteiger partial charge in [0, 0.05) is 25.4 Å². The Kier molecular flexibility index (Phi) is 2.85. The van der Waals surface area contributed by atoms with Crippen molar-refractivity contribution in [2.24, 2.45) is 0 Å². The second kappa shape index (κ2) is 3.90. The number of nitrogens with zero attached hydrogens (tertiary/aromatic N) is 2.